The Morgan fingerprint density at radius 2 is 1.61 bits per heavy atom. The summed E-state index contributed by atoms with van der Waals surface area (Å²) in [4.78, 5) is -0.455. The molecular formula is C11H15FO4S2. The Kier molecular flexibility index (Phi) is 4.50. The van der Waals surface area contributed by atoms with Crippen molar-refractivity contribution < 1.29 is 21.2 Å². The summed E-state index contributed by atoms with van der Waals surface area (Å²) < 4.78 is 60.0. The molecule has 0 fully saturated rings. The Morgan fingerprint density at radius 3 is 2.11 bits per heavy atom. The highest BCUT2D eigenvalue weighted by Crippen LogP contribution is 2.16. The number of sulfone groups is 2. The van der Waals surface area contributed by atoms with E-state index < -0.39 is 47.1 Å². The van der Waals surface area contributed by atoms with Crippen LogP contribution in [0.4, 0.5) is 4.39 Å². The maximum Gasteiger partial charge on any atom is 0.182 e. The second kappa shape index (κ2) is 5.36. The molecule has 0 aliphatic rings. The van der Waals surface area contributed by atoms with Crippen molar-refractivity contribution in [3.05, 3.63) is 30.1 Å². The molecular weight excluding hydrogens is 279 g/mol. The number of hydrogen-bond acceptors (Lipinski definition) is 4. The maximum absolute atomic E-state index is 13.3. The van der Waals surface area contributed by atoms with E-state index in [1.807, 2.05) is 0 Å². The van der Waals surface area contributed by atoms with Crippen molar-refractivity contribution in [3.8, 4) is 0 Å². The molecule has 1 rings (SSSR count). The van der Waals surface area contributed by atoms with Gasteiger partial charge in [0.25, 0.3) is 0 Å². The van der Waals surface area contributed by atoms with E-state index in [4.69, 9.17) is 0 Å². The predicted octanol–water partition coefficient (Wildman–Crippen LogP) is 1.42. The fraction of sp³-hybridized carbons (Fsp3) is 0.455. The van der Waals surface area contributed by atoms with Gasteiger partial charge in [-0.15, -0.1) is 0 Å². The van der Waals surface area contributed by atoms with E-state index in [-0.39, 0.29) is 0 Å². The van der Waals surface area contributed by atoms with E-state index in [1.54, 1.807) is 0 Å². The molecule has 0 spiro atoms. The van der Waals surface area contributed by atoms with Crippen molar-refractivity contribution in [2.45, 2.75) is 24.0 Å². The topological polar surface area (TPSA) is 68.3 Å². The average molecular weight is 294 g/mol. The Bertz CT molecular complexity index is 618. The first-order valence-electron chi connectivity index (χ1n) is 5.35. The lowest BCUT2D eigenvalue weighted by atomic mass is 10.3. The summed E-state index contributed by atoms with van der Waals surface area (Å²) in [5.74, 6) is -1.96. The highest BCUT2D eigenvalue weighted by atomic mass is 32.2. The van der Waals surface area contributed by atoms with E-state index >= 15 is 0 Å². The lowest BCUT2D eigenvalue weighted by Crippen LogP contribution is -2.24. The molecule has 102 valence electrons. The molecule has 7 heteroatoms. The van der Waals surface area contributed by atoms with Crippen molar-refractivity contribution in [3.63, 3.8) is 0 Å². The summed E-state index contributed by atoms with van der Waals surface area (Å²) in [5, 5.41) is -0.645. The van der Waals surface area contributed by atoms with Gasteiger partial charge < -0.3 is 0 Å². The Balaban J connectivity index is 2.95. The fourth-order valence-corrected chi connectivity index (χ4v) is 4.42. The van der Waals surface area contributed by atoms with Crippen molar-refractivity contribution in [2.24, 2.45) is 0 Å². The SMILES string of the molecule is CC(C)S(=O)(=O)CCS(=O)(=O)c1ccccc1F. The van der Waals surface area contributed by atoms with Gasteiger partial charge in [-0.1, -0.05) is 12.1 Å². The van der Waals surface area contributed by atoms with Crippen molar-refractivity contribution in [1.82, 2.24) is 0 Å². The highest BCUT2D eigenvalue weighted by molar-refractivity contribution is 7.95. The molecule has 0 amide bonds. The van der Waals surface area contributed by atoms with E-state index in [0.29, 0.717) is 0 Å². The third-order valence-corrected chi connectivity index (χ3v) is 6.74. The minimum atomic E-state index is -3.91. The first-order chi connectivity index (χ1) is 8.17. The molecule has 0 N–H and O–H groups in total. The van der Waals surface area contributed by atoms with Gasteiger partial charge in [0.1, 0.15) is 10.7 Å². The molecule has 0 atom stereocenters. The van der Waals surface area contributed by atoms with Crippen molar-refractivity contribution >= 4 is 19.7 Å². The highest BCUT2D eigenvalue weighted by Gasteiger charge is 2.24. The Labute approximate surface area is 107 Å². The van der Waals surface area contributed by atoms with Crippen LogP contribution in [0.15, 0.2) is 29.2 Å². The third kappa shape index (κ3) is 3.52. The predicted molar refractivity (Wildman–Crippen MR) is 67.4 cm³/mol. The van der Waals surface area contributed by atoms with Gasteiger partial charge in [0.15, 0.2) is 19.7 Å². The largest absolute Gasteiger partial charge is 0.229 e. The maximum atomic E-state index is 13.3. The van der Waals surface area contributed by atoms with Crippen LogP contribution in [0.2, 0.25) is 0 Å². The summed E-state index contributed by atoms with van der Waals surface area (Å²) >= 11 is 0. The van der Waals surface area contributed by atoms with Crippen LogP contribution in [0.5, 0.6) is 0 Å². The standard InChI is InChI=1S/C11H15FO4S2/c1-9(2)17(13,14)7-8-18(15,16)11-6-4-3-5-10(11)12/h3-6,9H,7-8H2,1-2H3. The van der Waals surface area contributed by atoms with Gasteiger partial charge in [-0.2, -0.15) is 0 Å². The Hall–Kier alpha value is -0.950. The second-order valence-electron chi connectivity index (χ2n) is 4.17. The summed E-state index contributed by atoms with van der Waals surface area (Å²) in [5.41, 5.74) is 0. The van der Waals surface area contributed by atoms with Gasteiger partial charge in [-0.25, -0.2) is 21.2 Å². The first kappa shape index (κ1) is 15.1. The van der Waals surface area contributed by atoms with E-state index in [0.717, 1.165) is 12.1 Å². The van der Waals surface area contributed by atoms with Gasteiger partial charge in [0, 0.05) is 0 Å². The minimum Gasteiger partial charge on any atom is -0.229 e. The van der Waals surface area contributed by atoms with Gasteiger partial charge >= 0.3 is 0 Å². The summed E-state index contributed by atoms with van der Waals surface area (Å²) in [6.07, 6.45) is 0. The zero-order chi connectivity index (χ0) is 14.0. The van der Waals surface area contributed by atoms with E-state index in [2.05, 4.69) is 0 Å². The minimum absolute atomic E-state index is 0.455. The van der Waals surface area contributed by atoms with Gasteiger partial charge in [0.05, 0.1) is 16.8 Å². The monoisotopic (exact) mass is 294 g/mol. The van der Waals surface area contributed by atoms with Crippen LogP contribution in [0.1, 0.15) is 13.8 Å². The number of rotatable bonds is 5. The van der Waals surface area contributed by atoms with Crippen LogP contribution in [0.25, 0.3) is 0 Å². The molecule has 0 saturated carbocycles. The van der Waals surface area contributed by atoms with Gasteiger partial charge in [-0.05, 0) is 26.0 Å². The molecule has 4 nitrogen and oxygen atoms in total. The zero-order valence-electron chi connectivity index (χ0n) is 10.1. The number of benzene rings is 1. The lowest BCUT2D eigenvalue weighted by molar-refractivity contribution is 0.565. The van der Waals surface area contributed by atoms with E-state index in [1.165, 1.54) is 26.0 Å². The van der Waals surface area contributed by atoms with Gasteiger partial charge in [-0.3, -0.25) is 0 Å². The molecule has 0 radical (unpaired) electrons. The fourth-order valence-electron chi connectivity index (χ4n) is 1.27. The van der Waals surface area contributed by atoms with Crippen LogP contribution in [0, 0.1) is 5.82 Å². The molecule has 0 heterocycles. The molecule has 1 aromatic rings. The zero-order valence-corrected chi connectivity index (χ0v) is 11.8. The molecule has 0 aliphatic carbocycles. The molecule has 1 aromatic carbocycles. The molecule has 0 saturated heterocycles. The smallest absolute Gasteiger partial charge is 0.182 e. The summed E-state index contributed by atoms with van der Waals surface area (Å²) in [7, 11) is -7.37. The van der Waals surface area contributed by atoms with Crippen molar-refractivity contribution in [2.75, 3.05) is 11.5 Å². The van der Waals surface area contributed by atoms with E-state index in [9.17, 15) is 21.2 Å². The average Bonchev–Trinajstić information content (AvgIpc) is 2.27. The number of halogens is 1. The van der Waals surface area contributed by atoms with Crippen molar-refractivity contribution in [1.29, 1.82) is 0 Å². The normalized spacial score (nSPS) is 12.9. The molecule has 0 aliphatic heterocycles. The molecule has 0 unspecified atom stereocenters. The van der Waals surface area contributed by atoms with Crippen LogP contribution >= 0.6 is 0 Å². The van der Waals surface area contributed by atoms with Crippen LogP contribution < -0.4 is 0 Å². The Morgan fingerprint density at radius 1 is 1.06 bits per heavy atom. The third-order valence-electron chi connectivity index (χ3n) is 2.53. The van der Waals surface area contributed by atoms with Crippen LogP contribution in [-0.2, 0) is 19.7 Å². The molecule has 0 aromatic heterocycles. The second-order valence-corrected chi connectivity index (χ2v) is 8.92. The number of hydrogen-bond donors (Lipinski definition) is 0. The summed E-state index contributed by atoms with van der Waals surface area (Å²) in [6, 6.07) is 4.93. The van der Waals surface area contributed by atoms with Crippen LogP contribution in [0.3, 0.4) is 0 Å². The van der Waals surface area contributed by atoms with Crippen LogP contribution in [-0.4, -0.2) is 33.6 Å². The summed E-state index contributed by atoms with van der Waals surface area (Å²) in [6.45, 7) is 2.95. The quantitative estimate of drug-likeness (QED) is 0.823. The van der Waals surface area contributed by atoms with Gasteiger partial charge in [0.2, 0.25) is 0 Å². The first-order valence-corrected chi connectivity index (χ1v) is 8.72. The lowest BCUT2D eigenvalue weighted by Gasteiger charge is -2.08. The molecule has 0 bridgehead atoms. The molecule has 18 heavy (non-hydrogen) atoms.